The lowest BCUT2D eigenvalue weighted by molar-refractivity contribution is -0.118. The van der Waals surface area contributed by atoms with Crippen molar-refractivity contribution >= 4 is 23.4 Å². The van der Waals surface area contributed by atoms with E-state index in [1.54, 1.807) is 11.8 Å². The van der Waals surface area contributed by atoms with Crippen molar-refractivity contribution in [1.82, 2.24) is 0 Å². The Morgan fingerprint density at radius 3 is 1.92 bits per heavy atom. The lowest BCUT2D eigenvalue weighted by atomic mass is 10.1. The molecule has 0 aliphatic carbocycles. The molecular formula is C22H21NOS. The number of benzene rings is 3. The summed E-state index contributed by atoms with van der Waals surface area (Å²) in [5.41, 5.74) is 1.96. The molecule has 3 aromatic carbocycles. The summed E-state index contributed by atoms with van der Waals surface area (Å²) in [5, 5.41) is -0.274. The number of hydrogen-bond acceptors (Lipinski definition) is 2. The number of para-hydroxylation sites is 1. The molecule has 0 spiro atoms. The van der Waals surface area contributed by atoms with Crippen molar-refractivity contribution in [3.63, 3.8) is 0 Å². The van der Waals surface area contributed by atoms with Gasteiger partial charge in [0.2, 0.25) is 5.91 Å². The quantitative estimate of drug-likeness (QED) is 0.543. The molecule has 0 radical (unpaired) electrons. The second kappa shape index (κ2) is 8.54. The van der Waals surface area contributed by atoms with Crippen molar-refractivity contribution < 1.29 is 4.79 Å². The number of likely N-dealkylation sites (N-methyl/N-ethyl adjacent to an activating group) is 1. The summed E-state index contributed by atoms with van der Waals surface area (Å²) in [6.45, 7) is 2.65. The molecule has 1 amide bonds. The molecule has 0 N–H and O–H groups in total. The van der Waals surface area contributed by atoms with Crippen LogP contribution in [0.4, 0.5) is 5.69 Å². The minimum Gasteiger partial charge on any atom is -0.311 e. The molecule has 0 aromatic heterocycles. The lowest BCUT2D eigenvalue weighted by Crippen LogP contribution is -2.34. The maximum atomic E-state index is 13.4. The maximum absolute atomic E-state index is 13.4. The first-order chi connectivity index (χ1) is 12.3. The van der Waals surface area contributed by atoms with E-state index in [1.807, 2.05) is 103 Å². The van der Waals surface area contributed by atoms with E-state index in [4.69, 9.17) is 0 Å². The third kappa shape index (κ3) is 4.31. The van der Waals surface area contributed by atoms with E-state index >= 15 is 0 Å². The van der Waals surface area contributed by atoms with Crippen LogP contribution in [0.2, 0.25) is 0 Å². The summed E-state index contributed by atoms with van der Waals surface area (Å²) < 4.78 is 0. The van der Waals surface area contributed by atoms with Gasteiger partial charge in [0.25, 0.3) is 0 Å². The average Bonchev–Trinajstić information content (AvgIpc) is 2.69. The number of rotatable bonds is 6. The Bertz CT molecular complexity index is 790. The zero-order chi connectivity index (χ0) is 17.5. The molecule has 3 aromatic rings. The molecular weight excluding hydrogens is 326 g/mol. The van der Waals surface area contributed by atoms with Gasteiger partial charge >= 0.3 is 0 Å². The van der Waals surface area contributed by atoms with Gasteiger partial charge in [-0.1, -0.05) is 66.7 Å². The van der Waals surface area contributed by atoms with Gasteiger partial charge in [-0.05, 0) is 36.8 Å². The predicted molar refractivity (Wildman–Crippen MR) is 106 cm³/mol. The van der Waals surface area contributed by atoms with Crippen LogP contribution in [-0.2, 0) is 4.79 Å². The molecule has 1 atom stereocenters. The van der Waals surface area contributed by atoms with Crippen LogP contribution in [0.25, 0.3) is 0 Å². The molecule has 25 heavy (non-hydrogen) atoms. The highest BCUT2D eigenvalue weighted by molar-refractivity contribution is 8.00. The molecule has 0 aliphatic rings. The van der Waals surface area contributed by atoms with Crippen LogP contribution in [0.15, 0.2) is 95.9 Å². The van der Waals surface area contributed by atoms with E-state index in [1.165, 1.54) is 0 Å². The van der Waals surface area contributed by atoms with E-state index in [2.05, 4.69) is 0 Å². The summed E-state index contributed by atoms with van der Waals surface area (Å²) >= 11 is 1.60. The minimum absolute atomic E-state index is 0.105. The Balaban J connectivity index is 1.94. The Hall–Kier alpha value is -2.52. The molecule has 0 heterocycles. The van der Waals surface area contributed by atoms with Crippen molar-refractivity contribution in [2.45, 2.75) is 17.1 Å². The Morgan fingerprint density at radius 1 is 0.840 bits per heavy atom. The molecule has 0 fully saturated rings. The topological polar surface area (TPSA) is 20.3 Å². The van der Waals surface area contributed by atoms with Gasteiger partial charge < -0.3 is 4.90 Å². The van der Waals surface area contributed by atoms with Crippen molar-refractivity contribution in [1.29, 1.82) is 0 Å². The second-order valence-electron chi connectivity index (χ2n) is 5.64. The van der Waals surface area contributed by atoms with Crippen molar-refractivity contribution in [3.8, 4) is 0 Å². The normalized spacial score (nSPS) is 11.7. The van der Waals surface area contributed by atoms with Crippen LogP contribution in [0.5, 0.6) is 0 Å². The van der Waals surface area contributed by atoms with Gasteiger partial charge in [0.05, 0.1) is 0 Å². The van der Waals surface area contributed by atoms with E-state index in [9.17, 15) is 4.79 Å². The van der Waals surface area contributed by atoms with Crippen LogP contribution >= 0.6 is 11.8 Å². The predicted octanol–water partition coefficient (Wildman–Crippen LogP) is 5.57. The van der Waals surface area contributed by atoms with Gasteiger partial charge in [0.1, 0.15) is 5.25 Å². The Labute approximate surface area is 153 Å². The van der Waals surface area contributed by atoms with Crippen LogP contribution in [0.3, 0.4) is 0 Å². The first-order valence-electron chi connectivity index (χ1n) is 8.42. The highest BCUT2D eigenvalue weighted by Gasteiger charge is 2.27. The van der Waals surface area contributed by atoms with Crippen LogP contribution in [-0.4, -0.2) is 12.5 Å². The van der Waals surface area contributed by atoms with Gasteiger partial charge in [0.15, 0.2) is 0 Å². The SMILES string of the molecule is CCN(C(=O)[C@H](Sc1ccccc1)c1ccccc1)c1ccccc1. The Kier molecular flexibility index (Phi) is 5.91. The second-order valence-corrected chi connectivity index (χ2v) is 6.82. The first-order valence-corrected chi connectivity index (χ1v) is 9.30. The molecule has 0 saturated heterocycles. The molecule has 0 saturated carbocycles. The fraction of sp³-hybridized carbons (Fsp3) is 0.136. The third-order valence-corrected chi connectivity index (χ3v) is 5.23. The molecule has 2 nitrogen and oxygen atoms in total. The van der Waals surface area contributed by atoms with Gasteiger partial charge in [-0.25, -0.2) is 0 Å². The molecule has 0 aliphatic heterocycles. The zero-order valence-corrected chi connectivity index (χ0v) is 15.0. The number of carbonyl (C=O) groups is 1. The number of amides is 1. The highest BCUT2D eigenvalue weighted by Crippen LogP contribution is 2.37. The van der Waals surface area contributed by atoms with Crippen LogP contribution in [0, 0.1) is 0 Å². The average molecular weight is 347 g/mol. The first kappa shape index (κ1) is 17.3. The summed E-state index contributed by atoms with van der Waals surface area (Å²) in [7, 11) is 0. The van der Waals surface area contributed by atoms with Crippen molar-refractivity contribution in [2.24, 2.45) is 0 Å². The molecule has 0 unspecified atom stereocenters. The summed E-state index contributed by atoms with van der Waals surface area (Å²) in [5.74, 6) is 0.105. The maximum Gasteiger partial charge on any atom is 0.244 e. The van der Waals surface area contributed by atoms with Gasteiger partial charge in [0, 0.05) is 17.1 Å². The lowest BCUT2D eigenvalue weighted by Gasteiger charge is -2.26. The zero-order valence-electron chi connectivity index (χ0n) is 14.2. The monoisotopic (exact) mass is 347 g/mol. The minimum atomic E-state index is -0.274. The van der Waals surface area contributed by atoms with Crippen molar-refractivity contribution in [2.75, 3.05) is 11.4 Å². The number of nitrogens with zero attached hydrogens (tertiary/aromatic N) is 1. The summed E-state index contributed by atoms with van der Waals surface area (Å²) in [6.07, 6.45) is 0. The van der Waals surface area contributed by atoms with Crippen molar-refractivity contribution in [3.05, 3.63) is 96.6 Å². The molecule has 126 valence electrons. The highest BCUT2D eigenvalue weighted by atomic mass is 32.2. The van der Waals surface area contributed by atoms with E-state index in [0.29, 0.717) is 6.54 Å². The number of thioether (sulfide) groups is 1. The fourth-order valence-electron chi connectivity index (χ4n) is 2.74. The van der Waals surface area contributed by atoms with Gasteiger partial charge in [-0.15, -0.1) is 11.8 Å². The number of carbonyl (C=O) groups excluding carboxylic acids is 1. The smallest absolute Gasteiger partial charge is 0.244 e. The summed E-state index contributed by atoms with van der Waals surface area (Å²) in [4.78, 5) is 16.3. The number of hydrogen-bond donors (Lipinski definition) is 0. The number of anilines is 1. The standard InChI is InChI=1S/C22H21NOS/c1-2-23(19-14-8-4-9-15-19)22(24)21(18-12-6-3-7-13-18)25-20-16-10-5-11-17-20/h3-17,21H,2H2,1H3/t21-/m1/s1. The molecule has 3 rings (SSSR count). The molecule has 3 heteroatoms. The summed E-state index contributed by atoms with van der Waals surface area (Å²) in [6, 6.07) is 30.0. The largest absolute Gasteiger partial charge is 0.311 e. The van der Waals surface area contributed by atoms with E-state index < -0.39 is 0 Å². The van der Waals surface area contributed by atoms with E-state index in [0.717, 1.165) is 16.1 Å². The van der Waals surface area contributed by atoms with Gasteiger partial charge in [-0.3, -0.25) is 4.79 Å². The Morgan fingerprint density at radius 2 is 1.36 bits per heavy atom. The van der Waals surface area contributed by atoms with E-state index in [-0.39, 0.29) is 11.2 Å². The fourth-order valence-corrected chi connectivity index (χ4v) is 3.85. The van der Waals surface area contributed by atoms with Crippen LogP contribution in [0.1, 0.15) is 17.7 Å². The molecule has 0 bridgehead atoms. The van der Waals surface area contributed by atoms with Gasteiger partial charge in [-0.2, -0.15) is 0 Å². The third-order valence-electron chi connectivity index (χ3n) is 3.97. The van der Waals surface area contributed by atoms with Crippen LogP contribution < -0.4 is 4.90 Å².